The van der Waals surface area contributed by atoms with Crippen molar-refractivity contribution in [3.8, 4) is 11.5 Å². The second-order valence-electron chi connectivity index (χ2n) is 6.79. The Balaban J connectivity index is 2.01. The van der Waals surface area contributed by atoms with Crippen LogP contribution in [0, 0.1) is 0 Å². The number of rotatable bonds is 4. The molecule has 12 heteroatoms. The monoisotopic (exact) mass is 474 g/mol. The number of nitrogens with zero attached hydrogens (tertiary/aromatic N) is 2. The molecule has 10 nitrogen and oxygen atoms in total. The van der Waals surface area contributed by atoms with Crippen LogP contribution in [0.3, 0.4) is 0 Å². The summed E-state index contributed by atoms with van der Waals surface area (Å²) >= 11 is 0. The van der Waals surface area contributed by atoms with Gasteiger partial charge in [-0.3, -0.25) is 9.11 Å². The molecule has 4 aromatic carbocycles. The lowest BCUT2D eigenvalue weighted by molar-refractivity contribution is 0.470. The number of phenolic OH excluding ortho intramolecular Hbond substituents is 2. The third-order valence-electron chi connectivity index (χ3n) is 4.69. The first kappa shape index (κ1) is 21.6. The van der Waals surface area contributed by atoms with E-state index in [-0.39, 0.29) is 27.9 Å². The van der Waals surface area contributed by atoms with Gasteiger partial charge in [-0.25, -0.2) is 0 Å². The van der Waals surface area contributed by atoms with Crippen LogP contribution in [0.5, 0.6) is 11.5 Å². The minimum absolute atomic E-state index is 0.0718. The van der Waals surface area contributed by atoms with E-state index in [1.54, 1.807) is 30.3 Å². The molecule has 0 spiro atoms. The maximum Gasteiger partial charge on any atom is 0.294 e. The van der Waals surface area contributed by atoms with E-state index in [2.05, 4.69) is 10.2 Å². The van der Waals surface area contributed by atoms with Gasteiger partial charge in [-0.1, -0.05) is 30.3 Å². The van der Waals surface area contributed by atoms with E-state index in [1.807, 2.05) is 0 Å². The van der Waals surface area contributed by atoms with Gasteiger partial charge in [0.05, 0.1) is 20.9 Å². The maximum absolute atomic E-state index is 11.7. The number of fused-ring (bicyclic) bond motifs is 2. The number of aromatic hydroxyl groups is 2. The Morgan fingerprint density at radius 3 is 1.94 bits per heavy atom. The molecule has 0 bridgehead atoms. The van der Waals surface area contributed by atoms with Crippen molar-refractivity contribution in [3.05, 3.63) is 60.7 Å². The molecule has 0 heterocycles. The van der Waals surface area contributed by atoms with Crippen molar-refractivity contribution in [2.75, 3.05) is 0 Å². The summed E-state index contributed by atoms with van der Waals surface area (Å²) in [7, 11) is -9.47. The van der Waals surface area contributed by atoms with Crippen molar-refractivity contribution < 1.29 is 36.2 Å². The number of phenols is 2. The van der Waals surface area contributed by atoms with Crippen LogP contribution >= 0.6 is 0 Å². The smallest absolute Gasteiger partial charge is 0.294 e. The average Bonchev–Trinajstić information content (AvgIpc) is 2.71. The van der Waals surface area contributed by atoms with Gasteiger partial charge in [0.25, 0.3) is 20.2 Å². The second-order valence-corrected chi connectivity index (χ2v) is 9.63. The van der Waals surface area contributed by atoms with Gasteiger partial charge < -0.3 is 10.2 Å². The molecule has 0 aliphatic heterocycles. The highest BCUT2D eigenvalue weighted by molar-refractivity contribution is 7.86. The van der Waals surface area contributed by atoms with Crippen LogP contribution in [0.15, 0.2) is 80.7 Å². The zero-order chi connectivity index (χ0) is 23.3. The predicted octanol–water partition coefficient (Wildman–Crippen LogP) is 4.31. The van der Waals surface area contributed by atoms with Crippen molar-refractivity contribution >= 4 is 53.2 Å². The van der Waals surface area contributed by atoms with E-state index >= 15 is 0 Å². The first-order valence-corrected chi connectivity index (χ1v) is 11.7. The van der Waals surface area contributed by atoms with E-state index in [0.29, 0.717) is 5.39 Å². The lowest BCUT2D eigenvalue weighted by Crippen LogP contribution is -2.00. The van der Waals surface area contributed by atoms with Crippen LogP contribution in [-0.4, -0.2) is 36.2 Å². The van der Waals surface area contributed by atoms with E-state index in [0.717, 1.165) is 29.7 Å². The van der Waals surface area contributed by atoms with Crippen LogP contribution in [0.4, 0.5) is 11.4 Å². The van der Waals surface area contributed by atoms with Crippen molar-refractivity contribution in [1.82, 2.24) is 0 Å². The molecule has 0 saturated carbocycles. The van der Waals surface area contributed by atoms with E-state index in [4.69, 9.17) is 0 Å². The Morgan fingerprint density at radius 2 is 1.28 bits per heavy atom. The van der Waals surface area contributed by atoms with Gasteiger partial charge in [-0.05, 0) is 35.0 Å². The number of hydrogen-bond acceptors (Lipinski definition) is 8. The first-order valence-electron chi connectivity index (χ1n) is 8.83. The summed E-state index contributed by atoms with van der Waals surface area (Å²) in [5.41, 5.74) is -0.163. The molecule has 0 saturated heterocycles. The van der Waals surface area contributed by atoms with Gasteiger partial charge in [0.15, 0.2) is 0 Å². The highest BCUT2D eigenvalue weighted by Gasteiger charge is 2.20. The molecule has 0 aromatic heterocycles. The largest absolute Gasteiger partial charge is 0.507 e. The van der Waals surface area contributed by atoms with Crippen LogP contribution in [0.2, 0.25) is 0 Å². The van der Waals surface area contributed by atoms with Crippen molar-refractivity contribution in [2.24, 2.45) is 10.2 Å². The van der Waals surface area contributed by atoms with Crippen molar-refractivity contribution in [2.45, 2.75) is 9.79 Å². The standard InChI is InChI=1S/C20H14N2O8S2/c23-17-6-5-11-3-1-2-4-15(11)20(17)22-21-16-9-13(31(25,26)27)7-12-8-14(32(28,29)30)10-18(24)19(12)16/h1-10,23-24H,(H,25,26,27)(H,28,29,30). The minimum atomic E-state index is -4.75. The summed E-state index contributed by atoms with van der Waals surface area (Å²) in [6.45, 7) is 0. The van der Waals surface area contributed by atoms with Gasteiger partial charge in [0.2, 0.25) is 0 Å². The summed E-state index contributed by atoms with van der Waals surface area (Å²) < 4.78 is 65.1. The molecule has 0 unspecified atom stereocenters. The SMILES string of the molecule is O=S(=O)(O)c1cc(O)c2c(N=Nc3c(O)ccc4ccccc34)cc(S(=O)(=O)O)cc2c1. The molecule has 0 amide bonds. The van der Waals surface area contributed by atoms with Crippen LogP contribution in [0.25, 0.3) is 21.5 Å². The molecular weight excluding hydrogens is 460 g/mol. The highest BCUT2D eigenvalue weighted by atomic mass is 32.2. The fourth-order valence-electron chi connectivity index (χ4n) is 3.25. The van der Waals surface area contributed by atoms with Gasteiger partial charge >= 0.3 is 0 Å². The molecule has 164 valence electrons. The van der Waals surface area contributed by atoms with Gasteiger partial charge in [-0.2, -0.15) is 16.8 Å². The topological polar surface area (TPSA) is 174 Å². The average molecular weight is 474 g/mol. The van der Waals surface area contributed by atoms with Crippen LogP contribution in [-0.2, 0) is 20.2 Å². The molecular formula is C20H14N2O8S2. The number of hydrogen-bond donors (Lipinski definition) is 4. The Kier molecular flexibility index (Phi) is 5.09. The van der Waals surface area contributed by atoms with Crippen molar-refractivity contribution in [3.63, 3.8) is 0 Å². The Hall–Kier alpha value is -3.58. The Morgan fingerprint density at radius 1 is 0.656 bits per heavy atom. The zero-order valence-electron chi connectivity index (χ0n) is 15.9. The van der Waals surface area contributed by atoms with Gasteiger partial charge in [0.1, 0.15) is 17.2 Å². The Bertz CT molecular complexity index is 1640. The molecule has 0 atom stereocenters. The fourth-order valence-corrected chi connectivity index (χ4v) is 4.32. The molecule has 0 aliphatic rings. The van der Waals surface area contributed by atoms with E-state index in [1.165, 1.54) is 6.07 Å². The third-order valence-corrected chi connectivity index (χ3v) is 6.35. The van der Waals surface area contributed by atoms with Crippen LogP contribution < -0.4 is 0 Å². The summed E-state index contributed by atoms with van der Waals surface area (Å²) in [5.74, 6) is -0.839. The quantitative estimate of drug-likeness (QED) is 0.250. The van der Waals surface area contributed by atoms with Gasteiger partial charge in [-0.15, -0.1) is 10.2 Å². The summed E-state index contributed by atoms with van der Waals surface area (Å²) in [5, 5.41) is 29.6. The summed E-state index contributed by atoms with van der Waals surface area (Å²) in [4.78, 5) is -1.34. The van der Waals surface area contributed by atoms with E-state index < -0.39 is 35.8 Å². The number of benzene rings is 4. The van der Waals surface area contributed by atoms with Crippen molar-refractivity contribution in [1.29, 1.82) is 0 Å². The minimum Gasteiger partial charge on any atom is -0.507 e. The molecule has 0 aliphatic carbocycles. The van der Waals surface area contributed by atoms with Gasteiger partial charge in [0, 0.05) is 11.5 Å². The van der Waals surface area contributed by atoms with Crippen LogP contribution in [0.1, 0.15) is 0 Å². The summed E-state index contributed by atoms with van der Waals surface area (Å²) in [6, 6.07) is 13.6. The maximum atomic E-state index is 11.7. The lowest BCUT2D eigenvalue weighted by Gasteiger charge is -2.09. The first-order chi connectivity index (χ1) is 14.9. The predicted molar refractivity (Wildman–Crippen MR) is 115 cm³/mol. The normalized spacial score (nSPS) is 12.7. The molecule has 32 heavy (non-hydrogen) atoms. The fraction of sp³-hybridized carbons (Fsp3) is 0. The molecule has 4 N–H and O–H groups in total. The summed E-state index contributed by atoms with van der Waals surface area (Å²) in [6.07, 6.45) is 0. The highest BCUT2D eigenvalue weighted by Crippen LogP contribution is 2.41. The molecule has 0 radical (unpaired) electrons. The molecule has 4 aromatic rings. The molecule has 0 fully saturated rings. The molecule has 4 rings (SSSR count). The van der Waals surface area contributed by atoms with E-state index in [9.17, 15) is 36.2 Å². The Labute approximate surface area is 181 Å². The lowest BCUT2D eigenvalue weighted by atomic mass is 10.1. The zero-order valence-corrected chi connectivity index (χ0v) is 17.5. The number of azo groups is 1. The second kappa shape index (κ2) is 7.53. The third kappa shape index (κ3) is 3.99.